The van der Waals surface area contributed by atoms with E-state index in [4.69, 9.17) is 4.74 Å². The number of hydrazone groups is 1. The van der Waals surface area contributed by atoms with Crippen LogP contribution in [0.25, 0.3) is 0 Å². The predicted molar refractivity (Wildman–Crippen MR) is 143 cm³/mol. The highest BCUT2D eigenvalue weighted by atomic mass is 32.2. The van der Waals surface area contributed by atoms with Gasteiger partial charge in [-0.05, 0) is 61.2 Å². The van der Waals surface area contributed by atoms with E-state index in [-0.39, 0.29) is 18.4 Å². The molecule has 0 radical (unpaired) electrons. The first kappa shape index (κ1) is 26.0. The number of ether oxygens (including phenoxy) is 1. The first-order valence-corrected chi connectivity index (χ1v) is 12.6. The number of carbonyl (C=O) groups is 2. The monoisotopic (exact) mass is 489 g/mol. The van der Waals surface area contributed by atoms with Crippen LogP contribution in [0.15, 0.2) is 77.9 Å². The maximum atomic E-state index is 12.0. The van der Waals surface area contributed by atoms with Gasteiger partial charge in [0.25, 0.3) is 5.91 Å². The van der Waals surface area contributed by atoms with Gasteiger partial charge in [0.2, 0.25) is 5.91 Å². The number of aryl methyl sites for hydroxylation is 2. The van der Waals surface area contributed by atoms with Gasteiger partial charge in [0.05, 0.1) is 12.0 Å². The van der Waals surface area contributed by atoms with E-state index in [1.165, 1.54) is 22.3 Å². The van der Waals surface area contributed by atoms with Crippen molar-refractivity contribution in [1.29, 1.82) is 0 Å². The Morgan fingerprint density at radius 3 is 2.34 bits per heavy atom. The number of thioether (sulfide) groups is 1. The average molecular weight is 490 g/mol. The van der Waals surface area contributed by atoms with Crippen molar-refractivity contribution in [3.8, 4) is 5.75 Å². The molecule has 3 aromatic carbocycles. The van der Waals surface area contributed by atoms with E-state index in [2.05, 4.69) is 47.9 Å². The fourth-order valence-electron chi connectivity index (χ4n) is 3.47. The normalized spacial score (nSPS) is 10.8. The second-order valence-corrected chi connectivity index (χ2v) is 9.21. The lowest BCUT2D eigenvalue weighted by molar-refractivity contribution is -0.123. The van der Waals surface area contributed by atoms with Crippen LogP contribution in [0.1, 0.15) is 27.8 Å². The van der Waals surface area contributed by atoms with Gasteiger partial charge >= 0.3 is 0 Å². The number of nitrogens with zero attached hydrogens (tertiary/aromatic N) is 1. The van der Waals surface area contributed by atoms with Gasteiger partial charge in [-0.2, -0.15) is 5.10 Å². The number of hydrogen-bond acceptors (Lipinski definition) is 5. The Hall–Kier alpha value is -3.58. The number of benzene rings is 3. The van der Waals surface area contributed by atoms with E-state index in [9.17, 15) is 9.59 Å². The minimum Gasteiger partial charge on any atom is -0.484 e. The second kappa shape index (κ2) is 14.0. The highest BCUT2D eigenvalue weighted by Gasteiger charge is 2.04. The zero-order chi connectivity index (χ0) is 24.9. The summed E-state index contributed by atoms with van der Waals surface area (Å²) in [5, 5.41) is 6.87. The minimum absolute atomic E-state index is 0.0436. The van der Waals surface area contributed by atoms with Gasteiger partial charge in [-0.15, -0.1) is 11.8 Å². The van der Waals surface area contributed by atoms with E-state index in [1.54, 1.807) is 30.1 Å². The molecule has 0 saturated heterocycles. The topological polar surface area (TPSA) is 79.8 Å². The SMILES string of the molecule is Cc1cc(C)cc(CSCC(=O)N/N=C\c2ccc(OCC(=O)NCCc3ccccc3)cc2)c1. The third-order valence-electron chi connectivity index (χ3n) is 5.01. The summed E-state index contributed by atoms with van der Waals surface area (Å²) in [4.78, 5) is 24.0. The molecule has 0 aliphatic carbocycles. The van der Waals surface area contributed by atoms with E-state index in [0.29, 0.717) is 18.0 Å². The van der Waals surface area contributed by atoms with Gasteiger partial charge in [0, 0.05) is 12.3 Å². The maximum Gasteiger partial charge on any atom is 0.257 e. The van der Waals surface area contributed by atoms with E-state index >= 15 is 0 Å². The molecule has 35 heavy (non-hydrogen) atoms. The Morgan fingerprint density at radius 2 is 1.63 bits per heavy atom. The molecule has 0 unspecified atom stereocenters. The Morgan fingerprint density at radius 1 is 0.914 bits per heavy atom. The molecule has 0 saturated carbocycles. The van der Waals surface area contributed by atoms with Crippen molar-refractivity contribution in [3.05, 3.63) is 101 Å². The minimum atomic E-state index is -0.162. The zero-order valence-electron chi connectivity index (χ0n) is 20.1. The lowest BCUT2D eigenvalue weighted by Crippen LogP contribution is -2.30. The zero-order valence-corrected chi connectivity index (χ0v) is 20.9. The van der Waals surface area contributed by atoms with Crippen LogP contribution in [0.5, 0.6) is 5.75 Å². The smallest absolute Gasteiger partial charge is 0.257 e. The fourth-order valence-corrected chi connectivity index (χ4v) is 4.22. The highest BCUT2D eigenvalue weighted by molar-refractivity contribution is 7.99. The van der Waals surface area contributed by atoms with Crippen molar-refractivity contribution >= 4 is 29.8 Å². The van der Waals surface area contributed by atoms with Crippen molar-refractivity contribution in [2.75, 3.05) is 18.9 Å². The van der Waals surface area contributed by atoms with E-state index < -0.39 is 0 Å². The van der Waals surface area contributed by atoms with Gasteiger partial charge in [-0.1, -0.05) is 59.7 Å². The molecule has 182 valence electrons. The molecule has 0 spiro atoms. The van der Waals surface area contributed by atoms with Crippen LogP contribution in [-0.2, 0) is 21.8 Å². The molecule has 0 fully saturated rings. The van der Waals surface area contributed by atoms with Crippen molar-refractivity contribution in [2.45, 2.75) is 26.0 Å². The summed E-state index contributed by atoms with van der Waals surface area (Å²) in [6.07, 6.45) is 2.36. The molecule has 0 atom stereocenters. The molecule has 2 amide bonds. The summed E-state index contributed by atoms with van der Waals surface area (Å²) in [7, 11) is 0. The Bertz CT molecular complexity index is 1110. The highest BCUT2D eigenvalue weighted by Crippen LogP contribution is 2.15. The molecule has 0 heterocycles. The number of rotatable bonds is 12. The predicted octanol–water partition coefficient (Wildman–Crippen LogP) is 4.42. The van der Waals surface area contributed by atoms with Crippen LogP contribution in [0.3, 0.4) is 0 Å². The van der Waals surface area contributed by atoms with E-state index in [0.717, 1.165) is 17.7 Å². The van der Waals surface area contributed by atoms with Gasteiger partial charge < -0.3 is 10.1 Å². The molecule has 0 aliphatic rings. The molecule has 6 nitrogen and oxygen atoms in total. The first-order chi connectivity index (χ1) is 17.0. The van der Waals surface area contributed by atoms with Crippen LogP contribution < -0.4 is 15.5 Å². The number of nitrogens with one attached hydrogen (secondary N) is 2. The number of amides is 2. The van der Waals surface area contributed by atoms with Crippen LogP contribution in [-0.4, -0.2) is 36.9 Å². The molecule has 0 bridgehead atoms. The first-order valence-electron chi connectivity index (χ1n) is 11.5. The Labute approximate surface area is 211 Å². The molecule has 7 heteroatoms. The molecule has 3 aromatic rings. The lowest BCUT2D eigenvalue weighted by atomic mass is 10.1. The van der Waals surface area contributed by atoms with E-state index in [1.807, 2.05) is 42.5 Å². The molecule has 0 aromatic heterocycles. The largest absolute Gasteiger partial charge is 0.484 e. The summed E-state index contributed by atoms with van der Waals surface area (Å²) in [5.74, 6) is 1.40. The Kier molecular flexibility index (Phi) is 10.4. The summed E-state index contributed by atoms with van der Waals surface area (Å²) in [5.41, 5.74) is 8.22. The summed E-state index contributed by atoms with van der Waals surface area (Å²) in [6, 6.07) is 23.6. The van der Waals surface area contributed by atoms with Gasteiger partial charge in [-0.3, -0.25) is 9.59 Å². The van der Waals surface area contributed by atoms with Crippen molar-refractivity contribution in [1.82, 2.24) is 10.7 Å². The summed E-state index contributed by atoms with van der Waals surface area (Å²) in [6.45, 7) is 4.67. The lowest BCUT2D eigenvalue weighted by Gasteiger charge is -2.08. The van der Waals surface area contributed by atoms with Crippen molar-refractivity contribution in [2.24, 2.45) is 5.10 Å². The molecular weight excluding hydrogens is 458 g/mol. The van der Waals surface area contributed by atoms with Gasteiger partial charge in [-0.25, -0.2) is 5.43 Å². The third-order valence-corrected chi connectivity index (χ3v) is 6.02. The maximum absolute atomic E-state index is 12.0. The van der Waals surface area contributed by atoms with Crippen LogP contribution in [0.4, 0.5) is 0 Å². The number of hydrogen-bond donors (Lipinski definition) is 2. The van der Waals surface area contributed by atoms with Gasteiger partial charge in [0.1, 0.15) is 5.75 Å². The second-order valence-electron chi connectivity index (χ2n) is 8.23. The average Bonchev–Trinajstić information content (AvgIpc) is 2.84. The molecule has 3 rings (SSSR count). The summed E-state index contributed by atoms with van der Waals surface area (Å²) < 4.78 is 5.53. The van der Waals surface area contributed by atoms with Crippen LogP contribution in [0.2, 0.25) is 0 Å². The van der Waals surface area contributed by atoms with Crippen LogP contribution >= 0.6 is 11.8 Å². The van der Waals surface area contributed by atoms with Crippen LogP contribution in [0, 0.1) is 13.8 Å². The molecule has 2 N–H and O–H groups in total. The quantitative estimate of drug-likeness (QED) is 0.292. The summed E-state index contributed by atoms with van der Waals surface area (Å²) >= 11 is 1.56. The Balaban J connectivity index is 1.31. The van der Waals surface area contributed by atoms with Crippen molar-refractivity contribution in [3.63, 3.8) is 0 Å². The molecule has 0 aliphatic heterocycles. The molecular formula is C28H31N3O3S. The number of carbonyl (C=O) groups excluding carboxylic acids is 2. The van der Waals surface area contributed by atoms with Gasteiger partial charge in [0.15, 0.2) is 6.61 Å². The third kappa shape index (κ3) is 10.1. The fraction of sp³-hybridized carbons (Fsp3) is 0.250. The standard InChI is InChI=1S/C28H31N3O3S/c1-21-14-22(2)16-25(15-21)19-35-20-28(33)31-30-17-24-8-10-26(11-9-24)34-18-27(32)29-13-12-23-6-4-3-5-7-23/h3-11,14-17H,12-13,18-20H2,1-2H3,(H,29,32)(H,31,33)/b30-17-. The van der Waals surface area contributed by atoms with Crippen molar-refractivity contribution < 1.29 is 14.3 Å².